The smallest absolute Gasteiger partial charge is 0.257 e. The third-order valence-corrected chi connectivity index (χ3v) is 5.67. The van der Waals surface area contributed by atoms with E-state index in [1.165, 1.54) is 11.3 Å². The molecule has 1 heterocycles. The fourth-order valence-electron chi connectivity index (χ4n) is 2.81. The minimum Gasteiger partial charge on any atom is -0.298 e. The molecule has 0 spiro atoms. The van der Waals surface area contributed by atoms with Crippen LogP contribution in [-0.2, 0) is 6.42 Å². The van der Waals surface area contributed by atoms with Crippen molar-refractivity contribution in [2.45, 2.75) is 6.42 Å². The van der Waals surface area contributed by atoms with Crippen molar-refractivity contribution in [3.63, 3.8) is 0 Å². The van der Waals surface area contributed by atoms with Crippen LogP contribution >= 0.6 is 34.5 Å². The lowest BCUT2D eigenvalue weighted by atomic mass is 10.1. The molecule has 1 N–H and O–H groups in total. The Morgan fingerprint density at radius 3 is 2.67 bits per heavy atom. The highest BCUT2D eigenvalue weighted by Gasteiger charge is 2.11. The van der Waals surface area contributed by atoms with E-state index in [9.17, 15) is 4.79 Å². The van der Waals surface area contributed by atoms with Gasteiger partial charge in [0.05, 0.1) is 0 Å². The fraction of sp³-hybridized carbons (Fsp3) is 0.0476. The molecule has 134 valence electrons. The second kappa shape index (κ2) is 7.69. The lowest BCUT2D eigenvalue weighted by molar-refractivity contribution is 0.102. The molecule has 0 atom stereocenters. The van der Waals surface area contributed by atoms with E-state index in [4.69, 9.17) is 23.2 Å². The van der Waals surface area contributed by atoms with Gasteiger partial charge in [0.2, 0.25) is 0 Å². The number of carbonyl (C=O) groups is 1. The molecule has 1 amide bonds. The molecule has 6 heteroatoms. The van der Waals surface area contributed by atoms with E-state index in [0.717, 1.165) is 21.2 Å². The number of aromatic nitrogens is 1. The number of nitrogens with one attached hydrogen (secondary N) is 1. The number of hydrogen-bond donors (Lipinski definition) is 1. The van der Waals surface area contributed by atoms with Crippen molar-refractivity contribution in [2.75, 3.05) is 5.32 Å². The fourth-order valence-corrected chi connectivity index (χ4v) is 4.02. The van der Waals surface area contributed by atoms with E-state index in [2.05, 4.69) is 10.3 Å². The number of carbonyl (C=O) groups excluding carboxylic acids is 1. The lowest BCUT2D eigenvalue weighted by Crippen LogP contribution is -2.11. The van der Waals surface area contributed by atoms with Crippen LogP contribution in [0.2, 0.25) is 10.0 Å². The number of hydrogen-bond acceptors (Lipinski definition) is 3. The van der Waals surface area contributed by atoms with Gasteiger partial charge in [-0.15, -0.1) is 11.3 Å². The third kappa shape index (κ3) is 4.14. The standard InChI is InChI=1S/C21H14Cl2N2OS/c22-17-7-8-19(23)16(10-17)11-18-12-24-21(27-18)25-20(26)15-6-5-13-3-1-2-4-14(13)9-15/h1-10,12H,11H2,(H,24,25,26). The van der Waals surface area contributed by atoms with Gasteiger partial charge in [-0.2, -0.15) is 0 Å². The summed E-state index contributed by atoms with van der Waals surface area (Å²) in [5.41, 5.74) is 1.53. The predicted octanol–water partition coefficient (Wildman–Crippen LogP) is 6.45. The SMILES string of the molecule is O=C(Nc1ncc(Cc2cc(Cl)ccc2Cl)s1)c1ccc2ccccc2c1. The van der Waals surface area contributed by atoms with E-state index < -0.39 is 0 Å². The Kier molecular flexibility index (Phi) is 5.12. The first-order valence-electron chi connectivity index (χ1n) is 8.27. The van der Waals surface area contributed by atoms with Gasteiger partial charge in [0.25, 0.3) is 5.91 Å². The molecule has 1 aromatic heterocycles. The van der Waals surface area contributed by atoms with Crippen LogP contribution in [0, 0.1) is 0 Å². The van der Waals surface area contributed by atoms with E-state index in [1.54, 1.807) is 18.3 Å². The molecule has 0 unspecified atom stereocenters. The van der Waals surface area contributed by atoms with Gasteiger partial charge < -0.3 is 0 Å². The first-order chi connectivity index (χ1) is 13.1. The zero-order valence-electron chi connectivity index (χ0n) is 14.1. The second-order valence-electron chi connectivity index (χ2n) is 6.06. The monoisotopic (exact) mass is 412 g/mol. The quantitative estimate of drug-likeness (QED) is 0.418. The summed E-state index contributed by atoms with van der Waals surface area (Å²) in [6.07, 6.45) is 2.36. The van der Waals surface area contributed by atoms with Gasteiger partial charge in [-0.1, -0.05) is 53.5 Å². The van der Waals surface area contributed by atoms with Crippen LogP contribution in [0.4, 0.5) is 5.13 Å². The summed E-state index contributed by atoms with van der Waals surface area (Å²) in [4.78, 5) is 17.8. The normalized spacial score (nSPS) is 10.9. The molecule has 0 saturated carbocycles. The van der Waals surface area contributed by atoms with Crippen LogP contribution in [0.3, 0.4) is 0 Å². The molecule has 4 aromatic rings. The van der Waals surface area contributed by atoms with Crippen molar-refractivity contribution in [2.24, 2.45) is 0 Å². The van der Waals surface area contributed by atoms with Crippen molar-refractivity contribution in [3.05, 3.63) is 92.9 Å². The van der Waals surface area contributed by atoms with Crippen molar-refractivity contribution in [1.82, 2.24) is 4.98 Å². The maximum atomic E-state index is 12.5. The first kappa shape index (κ1) is 18.0. The Hall–Kier alpha value is -2.40. The van der Waals surface area contributed by atoms with E-state index in [-0.39, 0.29) is 5.91 Å². The summed E-state index contributed by atoms with van der Waals surface area (Å²) in [7, 11) is 0. The lowest BCUT2D eigenvalue weighted by Gasteiger charge is -2.04. The van der Waals surface area contributed by atoms with Crippen LogP contribution in [0.15, 0.2) is 66.9 Å². The maximum absolute atomic E-state index is 12.5. The van der Waals surface area contributed by atoms with Crippen molar-refractivity contribution < 1.29 is 4.79 Å². The average molecular weight is 413 g/mol. The van der Waals surface area contributed by atoms with Gasteiger partial charge >= 0.3 is 0 Å². The van der Waals surface area contributed by atoms with E-state index in [1.807, 2.05) is 48.5 Å². The summed E-state index contributed by atoms with van der Waals surface area (Å²) in [5.74, 6) is -0.178. The Labute approximate surface area is 170 Å². The highest BCUT2D eigenvalue weighted by molar-refractivity contribution is 7.15. The highest BCUT2D eigenvalue weighted by atomic mass is 35.5. The molecule has 0 fully saturated rings. The van der Waals surface area contributed by atoms with E-state index >= 15 is 0 Å². The Morgan fingerprint density at radius 1 is 1.00 bits per heavy atom. The van der Waals surface area contributed by atoms with Crippen LogP contribution in [0.25, 0.3) is 10.8 Å². The Morgan fingerprint density at radius 2 is 1.81 bits per heavy atom. The van der Waals surface area contributed by atoms with Crippen LogP contribution in [-0.4, -0.2) is 10.9 Å². The van der Waals surface area contributed by atoms with Gasteiger partial charge in [-0.25, -0.2) is 4.98 Å². The van der Waals surface area contributed by atoms with Gasteiger partial charge in [-0.05, 0) is 46.7 Å². The third-order valence-electron chi connectivity index (χ3n) is 4.16. The molecular formula is C21H14Cl2N2OS. The number of thiazole rings is 1. The maximum Gasteiger partial charge on any atom is 0.257 e. The molecule has 0 aliphatic carbocycles. The van der Waals surface area contributed by atoms with Gasteiger partial charge in [-0.3, -0.25) is 10.1 Å². The average Bonchev–Trinajstić information content (AvgIpc) is 3.11. The van der Waals surface area contributed by atoms with Crippen LogP contribution < -0.4 is 5.32 Å². The second-order valence-corrected chi connectivity index (χ2v) is 8.02. The molecule has 27 heavy (non-hydrogen) atoms. The predicted molar refractivity (Wildman–Crippen MR) is 113 cm³/mol. The van der Waals surface area contributed by atoms with Crippen molar-refractivity contribution in [1.29, 1.82) is 0 Å². The Balaban J connectivity index is 1.49. The molecule has 3 aromatic carbocycles. The van der Waals surface area contributed by atoms with Crippen molar-refractivity contribution in [3.8, 4) is 0 Å². The number of rotatable bonds is 4. The zero-order chi connectivity index (χ0) is 18.8. The summed E-state index contributed by atoms with van der Waals surface area (Å²) in [6.45, 7) is 0. The van der Waals surface area contributed by atoms with Crippen LogP contribution in [0.5, 0.6) is 0 Å². The molecule has 0 aliphatic heterocycles. The zero-order valence-corrected chi connectivity index (χ0v) is 16.4. The summed E-state index contributed by atoms with van der Waals surface area (Å²) >= 11 is 13.7. The van der Waals surface area contributed by atoms with Crippen LogP contribution in [0.1, 0.15) is 20.8 Å². The minimum atomic E-state index is -0.178. The number of benzene rings is 3. The summed E-state index contributed by atoms with van der Waals surface area (Å²) in [5, 5.41) is 6.85. The summed E-state index contributed by atoms with van der Waals surface area (Å²) < 4.78 is 0. The summed E-state index contributed by atoms with van der Waals surface area (Å²) in [6, 6.07) is 19.0. The molecular weight excluding hydrogens is 399 g/mol. The topological polar surface area (TPSA) is 42.0 Å². The molecule has 0 saturated heterocycles. The number of amides is 1. The number of nitrogens with zero attached hydrogens (tertiary/aromatic N) is 1. The molecule has 4 rings (SSSR count). The molecule has 3 nitrogen and oxygen atoms in total. The largest absolute Gasteiger partial charge is 0.298 e. The number of anilines is 1. The molecule has 0 bridgehead atoms. The Bertz CT molecular complexity index is 1140. The highest BCUT2D eigenvalue weighted by Crippen LogP contribution is 2.27. The molecule has 0 aliphatic rings. The van der Waals surface area contributed by atoms with Gasteiger partial charge in [0.15, 0.2) is 5.13 Å². The van der Waals surface area contributed by atoms with E-state index in [0.29, 0.717) is 27.2 Å². The number of fused-ring (bicyclic) bond motifs is 1. The minimum absolute atomic E-state index is 0.178. The van der Waals surface area contributed by atoms with Gasteiger partial charge in [0, 0.05) is 33.1 Å². The number of halogens is 2. The molecule has 0 radical (unpaired) electrons. The van der Waals surface area contributed by atoms with Gasteiger partial charge in [0.1, 0.15) is 0 Å². The van der Waals surface area contributed by atoms with Crippen molar-refractivity contribution >= 4 is 56.3 Å². The first-order valence-corrected chi connectivity index (χ1v) is 9.84.